The van der Waals surface area contributed by atoms with Crippen LogP contribution in [0.15, 0.2) is 28.7 Å². The molecule has 7 nitrogen and oxygen atoms in total. The van der Waals surface area contributed by atoms with Crippen LogP contribution in [-0.2, 0) is 9.84 Å². The van der Waals surface area contributed by atoms with Gasteiger partial charge in [0, 0.05) is 6.04 Å². The number of nitrogens with one attached hydrogen (secondary N) is 2. The van der Waals surface area contributed by atoms with Crippen molar-refractivity contribution in [2.75, 3.05) is 19.4 Å². The van der Waals surface area contributed by atoms with Gasteiger partial charge in [-0.2, -0.15) is 0 Å². The summed E-state index contributed by atoms with van der Waals surface area (Å²) in [7, 11) is 0.00134. The first-order valence-electron chi connectivity index (χ1n) is 9.27. The number of amides is 2. The number of nitrogens with zero attached hydrogens (tertiary/aromatic N) is 1. The molecule has 0 bridgehead atoms. The molecule has 0 unspecified atom stereocenters. The minimum absolute atomic E-state index is 0.0172. The van der Waals surface area contributed by atoms with Gasteiger partial charge >= 0.3 is 6.03 Å². The van der Waals surface area contributed by atoms with Crippen LogP contribution in [0.2, 0.25) is 5.02 Å². The third-order valence-electron chi connectivity index (χ3n) is 5.63. The number of urea groups is 1. The molecule has 1 fully saturated rings. The number of anilines is 1. The van der Waals surface area contributed by atoms with Crippen molar-refractivity contribution in [3.8, 4) is 5.75 Å². The number of phenols is 1. The molecule has 154 valence electrons. The van der Waals surface area contributed by atoms with Gasteiger partial charge in [0.05, 0.1) is 22.0 Å². The van der Waals surface area contributed by atoms with E-state index in [1.807, 2.05) is 25.9 Å². The van der Waals surface area contributed by atoms with Crippen LogP contribution >= 0.6 is 11.6 Å². The molecule has 3 N–H and O–H groups in total. The minimum atomic E-state index is -3.81. The van der Waals surface area contributed by atoms with Crippen LogP contribution in [0.25, 0.3) is 0 Å². The molecule has 28 heavy (non-hydrogen) atoms. The molecule has 1 aromatic rings. The molecule has 0 saturated heterocycles. The lowest BCUT2D eigenvalue weighted by molar-refractivity contribution is 0.196. The van der Waals surface area contributed by atoms with Crippen LogP contribution in [0, 0.1) is 0 Å². The highest BCUT2D eigenvalue weighted by atomic mass is 35.5. The average molecular weight is 428 g/mol. The van der Waals surface area contributed by atoms with Gasteiger partial charge in [-0.1, -0.05) is 23.3 Å². The summed E-state index contributed by atoms with van der Waals surface area (Å²) in [4.78, 5) is 14.0. The SMILES string of the molecule is CC1=CCC[C@H]1NC(=O)Nc1ccc(Cl)c(S(=O)(=O)[C@H]2C[C@H](N(C)C)C2)c1O. The van der Waals surface area contributed by atoms with Gasteiger partial charge in [-0.15, -0.1) is 0 Å². The summed E-state index contributed by atoms with van der Waals surface area (Å²) in [6.07, 6.45) is 4.75. The first-order chi connectivity index (χ1) is 13.1. The fraction of sp³-hybridized carbons (Fsp3) is 0.526. The molecule has 2 aliphatic rings. The number of aromatic hydroxyl groups is 1. The van der Waals surface area contributed by atoms with Gasteiger partial charge in [-0.3, -0.25) is 0 Å². The second-order valence-electron chi connectivity index (χ2n) is 7.71. The first-order valence-corrected chi connectivity index (χ1v) is 11.2. The van der Waals surface area contributed by atoms with Crippen LogP contribution < -0.4 is 10.6 Å². The Kier molecular flexibility index (Phi) is 5.93. The number of phenolic OH excluding ortho intramolecular Hbond substituents is 1. The zero-order chi connectivity index (χ0) is 20.6. The molecule has 0 aromatic heterocycles. The van der Waals surface area contributed by atoms with Crippen molar-refractivity contribution < 1.29 is 18.3 Å². The second-order valence-corrected chi connectivity index (χ2v) is 10.3. The molecular weight excluding hydrogens is 402 g/mol. The van der Waals surface area contributed by atoms with E-state index in [0.717, 1.165) is 18.4 Å². The Hall–Kier alpha value is -1.77. The Morgan fingerprint density at radius 2 is 1.96 bits per heavy atom. The van der Waals surface area contributed by atoms with Crippen molar-refractivity contribution >= 4 is 33.2 Å². The lowest BCUT2D eigenvalue weighted by Gasteiger charge is -2.39. The summed E-state index contributed by atoms with van der Waals surface area (Å²) in [5, 5.41) is 15.3. The number of hydrogen-bond donors (Lipinski definition) is 3. The van der Waals surface area contributed by atoms with Gasteiger partial charge in [-0.25, -0.2) is 13.2 Å². The molecule has 0 radical (unpaired) electrons. The Morgan fingerprint density at radius 1 is 1.29 bits per heavy atom. The predicted molar refractivity (Wildman–Crippen MR) is 110 cm³/mol. The number of carbonyl (C=O) groups is 1. The molecule has 0 heterocycles. The van der Waals surface area contributed by atoms with Crippen molar-refractivity contribution in [1.82, 2.24) is 10.2 Å². The molecule has 1 atom stereocenters. The highest BCUT2D eigenvalue weighted by Gasteiger charge is 2.42. The highest BCUT2D eigenvalue weighted by molar-refractivity contribution is 7.92. The summed E-state index contributed by atoms with van der Waals surface area (Å²) in [6.45, 7) is 1.95. The molecule has 0 spiro atoms. The van der Waals surface area contributed by atoms with Crippen LogP contribution in [0.4, 0.5) is 10.5 Å². The standard InChI is InChI=1S/C19H26ClN3O4S/c1-11-5-4-6-15(11)21-19(25)22-16-8-7-14(20)18(17(16)24)28(26,27)13-9-12(10-13)23(2)3/h5,7-8,12-13,15,24H,4,6,9-10H2,1-3H3,(H2,21,22,25)/t12-,13-,15-/m1/s1. The monoisotopic (exact) mass is 427 g/mol. The molecule has 1 saturated carbocycles. The Balaban J connectivity index is 1.78. The molecule has 2 aliphatic carbocycles. The lowest BCUT2D eigenvalue weighted by Crippen LogP contribution is -2.47. The topological polar surface area (TPSA) is 98.7 Å². The summed E-state index contributed by atoms with van der Waals surface area (Å²) >= 11 is 6.12. The third kappa shape index (κ3) is 3.99. The number of halogens is 1. The van der Waals surface area contributed by atoms with Crippen molar-refractivity contribution in [1.29, 1.82) is 0 Å². The number of carbonyl (C=O) groups excluding carboxylic acids is 1. The molecular formula is C19H26ClN3O4S. The number of benzene rings is 1. The normalized spacial score (nSPS) is 24.6. The van der Waals surface area contributed by atoms with Crippen molar-refractivity contribution in [3.63, 3.8) is 0 Å². The fourth-order valence-corrected chi connectivity index (χ4v) is 6.13. The zero-order valence-corrected chi connectivity index (χ0v) is 17.8. The highest BCUT2D eigenvalue weighted by Crippen LogP contribution is 2.43. The predicted octanol–water partition coefficient (Wildman–Crippen LogP) is 3.14. The van der Waals surface area contributed by atoms with E-state index in [1.54, 1.807) is 0 Å². The summed E-state index contributed by atoms with van der Waals surface area (Å²) in [5.74, 6) is -0.519. The van der Waals surface area contributed by atoms with E-state index in [2.05, 4.69) is 16.7 Å². The Bertz CT molecular complexity index is 908. The van der Waals surface area contributed by atoms with Crippen LogP contribution in [0.3, 0.4) is 0 Å². The maximum atomic E-state index is 13.0. The van der Waals surface area contributed by atoms with Crippen LogP contribution in [-0.4, -0.2) is 55.9 Å². The number of rotatable bonds is 5. The minimum Gasteiger partial charge on any atom is -0.504 e. The lowest BCUT2D eigenvalue weighted by atomic mass is 9.91. The molecule has 1 aromatic carbocycles. The quantitative estimate of drug-likeness (QED) is 0.495. The van der Waals surface area contributed by atoms with E-state index in [1.165, 1.54) is 12.1 Å². The maximum Gasteiger partial charge on any atom is 0.319 e. The third-order valence-corrected chi connectivity index (χ3v) is 8.30. The van der Waals surface area contributed by atoms with E-state index in [4.69, 9.17) is 11.6 Å². The zero-order valence-electron chi connectivity index (χ0n) is 16.2. The van der Waals surface area contributed by atoms with E-state index < -0.39 is 26.9 Å². The first kappa shape index (κ1) is 21.0. The Morgan fingerprint density at radius 3 is 2.54 bits per heavy atom. The number of hydrogen-bond acceptors (Lipinski definition) is 5. The van der Waals surface area contributed by atoms with Crippen molar-refractivity contribution in [3.05, 3.63) is 28.8 Å². The van der Waals surface area contributed by atoms with E-state index >= 15 is 0 Å². The molecule has 9 heteroatoms. The molecule has 2 amide bonds. The number of sulfone groups is 1. The van der Waals surface area contributed by atoms with Crippen molar-refractivity contribution in [2.24, 2.45) is 0 Å². The summed E-state index contributed by atoms with van der Waals surface area (Å²) in [5.41, 5.74) is 1.10. The second kappa shape index (κ2) is 7.93. The van der Waals surface area contributed by atoms with Crippen molar-refractivity contribution in [2.45, 2.75) is 54.8 Å². The summed E-state index contributed by atoms with van der Waals surface area (Å²) < 4.78 is 26.0. The van der Waals surface area contributed by atoms with Crippen LogP contribution in [0.5, 0.6) is 5.75 Å². The van der Waals surface area contributed by atoms with Gasteiger partial charge in [0.25, 0.3) is 0 Å². The van der Waals surface area contributed by atoms with E-state index in [9.17, 15) is 18.3 Å². The summed E-state index contributed by atoms with van der Waals surface area (Å²) in [6, 6.07) is 2.41. The Labute approximate surface area is 170 Å². The fourth-order valence-electron chi connectivity index (χ4n) is 3.65. The van der Waals surface area contributed by atoms with E-state index in [-0.39, 0.29) is 27.7 Å². The maximum absolute atomic E-state index is 13.0. The van der Waals surface area contributed by atoms with Crippen LogP contribution in [0.1, 0.15) is 32.6 Å². The smallest absolute Gasteiger partial charge is 0.319 e. The molecule has 3 rings (SSSR count). The van der Waals surface area contributed by atoms with E-state index in [0.29, 0.717) is 12.8 Å². The van der Waals surface area contributed by atoms with Gasteiger partial charge in [0.15, 0.2) is 15.6 Å². The van der Waals surface area contributed by atoms with Gasteiger partial charge in [-0.05, 0) is 58.8 Å². The van der Waals surface area contributed by atoms with Gasteiger partial charge < -0.3 is 20.6 Å². The van der Waals surface area contributed by atoms with Gasteiger partial charge in [0.1, 0.15) is 4.90 Å². The van der Waals surface area contributed by atoms with Gasteiger partial charge in [0.2, 0.25) is 0 Å². The largest absolute Gasteiger partial charge is 0.504 e. The average Bonchev–Trinajstić information content (AvgIpc) is 2.92. The molecule has 0 aliphatic heterocycles. The number of allylic oxidation sites excluding steroid dienone is 1.